The number of hydrogen-bond donors (Lipinski definition) is 3. The fourth-order valence-corrected chi connectivity index (χ4v) is 2.89. The number of nitro groups is 1. The summed E-state index contributed by atoms with van der Waals surface area (Å²) in [6, 6.07) is 13.3. The maximum atomic E-state index is 11.5. The van der Waals surface area contributed by atoms with Crippen molar-refractivity contribution in [3.63, 3.8) is 0 Å². The maximum absolute atomic E-state index is 11.5. The van der Waals surface area contributed by atoms with Gasteiger partial charge >= 0.3 is 5.69 Å². The molecule has 0 radical (unpaired) electrons. The van der Waals surface area contributed by atoms with E-state index in [-0.39, 0.29) is 17.3 Å². The lowest BCUT2D eigenvalue weighted by Gasteiger charge is -2.11. The van der Waals surface area contributed by atoms with Gasteiger partial charge < -0.3 is 5.32 Å². The van der Waals surface area contributed by atoms with E-state index in [1.165, 1.54) is 11.2 Å². The summed E-state index contributed by atoms with van der Waals surface area (Å²) in [7, 11) is 0. The molecule has 3 rings (SSSR count). The molecule has 0 aliphatic heterocycles. The normalized spacial score (nSPS) is 10.2. The van der Waals surface area contributed by atoms with Crippen LogP contribution in [0.15, 0.2) is 54.2 Å². The second-order valence-electron chi connectivity index (χ2n) is 5.05. The summed E-state index contributed by atoms with van der Waals surface area (Å²) in [5.74, 6) is 0.288. The minimum Gasteiger partial charge on any atom is -0.364 e. The molecule has 9 heteroatoms. The molecule has 0 saturated heterocycles. The average Bonchev–Trinajstić information content (AvgIpc) is 3.14. The number of hydrazine groups is 1. The third kappa shape index (κ3) is 4.42. The molecule has 128 valence electrons. The Balaban J connectivity index is 1.71. The van der Waals surface area contributed by atoms with Crippen LogP contribution in [0.4, 0.5) is 23.0 Å². The zero-order valence-electron chi connectivity index (χ0n) is 13.2. The monoisotopic (exact) mass is 356 g/mol. The molecule has 2 aromatic heterocycles. The third-order valence-corrected chi connectivity index (χ3v) is 4.28. The van der Waals surface area contributed by atoms with Crippen molar-refractivity contribution < 1.29 is 4.92 Å². The molecule has 0 saturated carbocycles. The van der Waals surface area contributed by atoms with E-state index in [0.717, 1.165) is 12.1 Å². The standard InChI is InChI=1S/C16H16N6O2S/c23-22(24)14-15(17-9-8-13-7-4-10-25-13)18-11-19-16(14)21-20-12-5-2-1-3-6-12/h1-7,10-11,20H,8-9H2,(H2,17,18,19,21). The van der Waals surface area contributed by atoms with E-state index >= 15 is 0 Å². The first kappa shape index (κ1) is 16.7. The lowest BCUT2D eigenvalue weighted by Crippen LogP contribution is -2.15. The average molecular weight is 356 g/mol. The molecular weight excluding hydrogens is 340 g/mol. The zero-order chi connectivity index (χ0) is 17.5. The van der Waals surface area contributed by atoms with Gasteiger partial charge in [0.15, 0.2) is 0 Å². The third-order valence-electron chi connectivity index (χ3n) is 3.35. The second-order valence-corrected chi connectivity index (χ2v) is 6.08. The number of rotatable bonds is 8. The van der Waals surface area contributed by atoms with Crippen LogP contribution in [-0.2, 0) is 6.42 Å². The van der Waals surface area contributed by atoms with Crippen LogP contribution < -0.4 is 16.2 Å². The van der Waals surface area contributed by atoms with Crippen molar-refractivity contribution in [3.8, 4) is 0 Å². The number of thiophene rings is 1. The zero-order valence-corrected chi connectivity index (χ0v) is 14.0. The lowest BCUT2D eigenvalue weighted by atomic mass is 10.3. The number of anilines is 3. The molecule has 0 spiro atoms. The van der Waals surface area contributed by atoms with Gasteiger partial charge in [-0.2, -0.15) is 0 Å². The van der Waals surface area contributed by atoms with Gasteiger partial charge in [0.05, 0.1) is 10.6 Å². The second kappa shape index (κ2) is 8.06. The Morgan fingerprint density at radius 1 is 1.04 bits per heavy atom. The highest BCUT2D eigenvalue weighted by Gasteiger charge is 2.22. The van der Waals surface area contributed by atoms with E-state index in [2.05, 4.69) is 26.1 Å². The van der Waals surface area contributed by atoms with Crippen LogP contribution in [0.5, 0.6) is 0 Å². The van der Waals surface area contributed by atoms with Crippen molar-refractivity contribution in [3.05, 3.63) is 69.2 Å². The van der Waals surface area contributed by atoms with Crippen molar-refractivity contribution in [2.45, 2.75) is 6.42 Å². The summed E-state index contributed by atoms with van der Waals surface area (Å²) < 4.78 is 0. The van der Waals surface area contributed by atoms with Gasteiger partial charge in [0.2, 0.25) is 11.6 Å². The van der Waals surface area contributed by atoms with Gasteiger partial charge in [-0.05, 0) is 30.0 Å². The van der Waals surface area contributed by atoms with Crippen molar-refractivity contribution in [2.75, 3.05) is 22.7 Å². The number of nitrogens with zero attached hydrogens (tertiary/aromatic N) is 3. The summed E-state index contributed by atoms with van der Waals surface area (Å²) in [4.78, 5) is 20.1. The molecule has 0 atom stereocenters. The molecule has 0 bridgehead atoms. The van der Waals surface area contributed by atoms with Crippen LogP contribution in [0.2, 0.25) is 0 Å². The van der Waals surface area contributed by atoms with Crippen LogP contribution >= 0.6 is 11.3 Å². The fraction of sp³-hybridized carbons (Fsp3) is 0.125. The number of para-hydroxylation sites is 1. The molecule has 8 nitrogen and oxygen atoms in total. The molecule has 0 aliphatic carbocycles. The molecule has 2 heterocycles. The fourth-order valence-electron chi connectivity index (χ4n) is 2.18. The van der Waals surface area contributed by atoms with Crippen LogP contribution in [-0.4, -0.2) is 21.4 Å². The van der Waals surface area contributed by atoms with E-state index < -0.39 is 4.92 Å². The number of benzene rings is 1. The van der Waals surface area contributed by atoms with E-state index in [1.54, 1.807) is 11.3 Å². The Morgan fingerprint density at radius 3 is 2.56 bits per heavy atom. The first-order chi connectivity index (χ1) is 12.2. The van der Waals surface area contributed by atoms with Gasteiger partial charge in [-0.1, -0.05) is 24.3 Å². The summed E-state index contributed by atoms with van der Waals surface area (Å²) >= 11 is 1.65. The quantitative estimate of drug-likeness (QED) is 0.419. The van der Waals surface area contributed by atoms with Crippen LogP contribution in [0.1, 0.15) is 4.88 Å². The van der Waals surface area contributed by atoms with Crippen molar-refractivity contribution in [1.82, 2.24) is 9.97 Å². The Kier molecular flexibility index (Phi) is 5.37. The Morgan fingerprint density at radius 2 is 1.84 bits per heavy atom. The lowest BCUT2D eigenvalue weighted by molar-refractivity contribution is -0.383. The number of aromatic nitrogens is 2. The first-order valence-corrected chi connectivity index (χ1v) is 8.44. The molecule has 0 amide bonds. The Hall–Kier alpha value is -3.20. The molecule has 0 unspecified atom stereocenters. The molecular formula is C16H16N6O2S. The van der Waals surface area contributed by atoms with E-state index in [0.29, 0.717) is 6.54 Å². The van der Waals surface area contributed by atoms with Gasteiger partial charge in [0.25, 0.3) is 0 Å². The largest absolute Gasteiger partial charge is 0.364 e. The van der Waals surface area contributed by atoms with E-state index in [1.807, 2.05) is 47.8 Å². The van der Waals surface area contributed by atoms with Crippen LogP contribution in [0.3, 0.4) is 0 Å². The SMILES string of the molecule is O=[N+]([O-])c1c(NCCc2cccs2)ncnc1NNc1ccccc1. The Labute approximate surface area is 148 Å². The molecule has 25 heavy (non-hydrogen) atoms. The molecule has 0 fully saturated rings. The maximum Gasteiger partial charge on any atom is 0.354 e. The predicted octanol–water partition coefficient (Wildman–Crippen LogP) is 3.54. The predicted molar refractivity (Wildman–Crippen MR) is 98.9 cm³/mol. The Bertz CT molecular complexity index is 826. The van der Waals surface area contributed by atoms with E-state index in [4.69, 9.17) is 0 Å². The summed E-state index contributed by atoms with van der Waals surface area (Å²) in [5.41, 5.74) is 6.23. The van der Waals surface area contributed by atoms with Crippen molar-refractivity contribution in [1.29, 1.82) is 0 Å². The molecule has 1 aromatic carbocycles. The van der Waals surface area contributed by atoms with Crippen molar-refractivity contribution in [2.24, 2.45) is 0 Å². The molecule has 3 aromatic rings. The van der Waals surface area contributed by atoms with Gasteiger partial charge in [-0.25, -0.2) is 9.97 Å². The minimum absolute atomic E-state index is 0.0995. The summed E-state index contributed by atoms with van der Waals surface area (Å²) in [6.45, 7) is 0.546. The highest BCUT2D eigenvalue weighted by Crippen LogP contribution is 2.28. The van der Waals surface area contributed by atoms with Crippen LogP contribution in [0, 0.1) is 10.1 Å². The summed E-state index contributed by atoms with van der Waals surface area (Å²) in [6.07, 6.45) is 2.05. The number of hydrogen-bond acceptors (Lipinski definition) is 8. The highest BCUT2D eigenvalue weighted by molar-refractivity contribution is 7.09. The van der Waals surface area contributed by atoms with Crippen molar-refractivity contribution >= 4 is 34.3 Å². The first-order valence-electron chi connectivity index (χ1n) is 7.57. The van der Waals surface area contributed by atoms with Gasteiger partial charge in [0, 0.05) is 11.4 Å². The summed E-state index contributed by atoms with van der Waals surface area (Å²) in [5, 5.41) is 16.5. The van der Waals surface area contributed by atoms with E-state index in [9.17, 15) is 10.1 Å². The smallest absolute Gasteiger partial charge is 0.354 e. The van der Waals surface area contributed by atoms with Crippen LogP contribution in [0.25, 0.3) is 0 Å². The minimum atomic E-state index is -0.498. The van der Waals surface area contributed by atoms with Gasteiger partial charge in [-0.15, -0.1) is 11.3 Å². The topological polar surface area (TPSA) is 105 Å². The molecule has 0 aliphatic rings. The van der Waals surface area contributed by atoms with Gasteiger partial charge in [0.1, 0.15) is 6.33 Å². The highest BCUT2D eigenvalue weighted by atomic mass is 32.1. The number of nitrogens with one attached hydrogen (secondary N) is 3. The molecule has 3 N–H and O–H groups in total. The van der Waals surface area contributed by atoms with Gasteiger partial charge in [-0.3, -0.25) is 21.0 Å².